The summed E-state index contributed by atoms with van der Waals surface area (Å²) in [4.78, 5) is 43.9. The molecule has 2 heterocycles. The number of carbonyl (C=O) groups is 3. The first-order valence-electron chi connectivity index (χ1n) is 12.5. The van der Waals surface area contributed by atoms with Gasteiger partial charge < -0.3 is 14.5 Å². The minimum Gasteiger partial charge on any atom is -0.486 e. The summed E-state index contributed by atoms with van der Waals surface area (Å²) in [6, 6.07) is 21.5. The second-order valence-electron chi connectivity index (χ2n) is 9.20. The molecule has 2 fully saturated rings. The highest BCUT2D eigenvalue weighted by molar-refractivity contribution is 14.1. The minimum atomic E-state index is -0.488. The molecule has 206 valence electrons. The van der Waals surface area contributed by atoms with Crippen molar-refractivity contribution < 1.29 is 19.1 Å². The van der Waals surface area contributed by atoms with Gasteiger partial charge in [-0.1, -0.05) is 41.9 Å². The zero-order valence-corrected chi connectivity index (χ0v) is 26.5. The number of thioether (sulfide) groups is 1. The zero-order valence-electron chi connectivity index (χ0n) is 21.2. The Morgan fingerprint density at radius 3 is 2.40 bits per heavy atom. The third-order valence-electron chi connectivity index (χ3n) is 6.54. The van der Waals surface area contributed by atoms with Crippen LogP contribution in [0.15, 0.2) is 76.1 Å². The van der Waals surface area contributed by atoms with Crippen LogP contribution in [0.4, 0.5) is 10.5 Å². The SMILES string of the molecule is O=C(CN1C(=O)S/C(=C/c2cc(Cl)c(OCc3ccc(I)cc3)c(Br)c2)C1=O)N1CCN(c2ccccc2)CC1. The molecule has 0 aliphatic carbocycles. The third-order valence-corrected chi connectivity index (χ3v) is 9.03. The van der Waals surface area contributed by atoms with Gasteiger partial charge in [0.15, 0.2) is 5.75 Å². The van der Waals surface area contributed by atoms with Crippen LogP contribution in [0.1, 0.15) is 11.1 Å². The van der Waals surface area contributed by atoms with E-state index in [1.807, 2.05) is 54.6 Å². The van der Waals surface area contributed by atoms with Crippen molar-refractivity contribution in [2.45, 2.75) is 6.61 Å². The Morgan fingerprint density at radius 2 is 1.73 bits per heavy atom. The first kappa shape index (κ1) is 29.0. The molecule has 0 atom stereocenters. The molecule has 3 aromatic rings. The summed E-state index contributed by atoms with van der Waals surface area (Å²) in [6.07, 6.45) is 1.60. The van der Waals surface area contributed by atoms with Gasteiger partial charge >= 0.3 is 0 Å². The smallest absolute Gasteiger partial charge is 0.294 e. The molecule has 3 aromatic carbocycles. The number of benzene rings is 3. The zero-order chi connectivity index (χ0) is 28.2. The summed E-state index contributed by atoms with van der Waals surface area (Å²) in [6.45, 7) is 2.52. The minimum absolute atomic E-state index is 0.238. The van der Waals surface area contributed by atoms with Crippen molar-refractivity contribution in [1.29, 1.82) is 0 Å². The number of nitrogens with zero attached hydrogens (tertiary/aromatic N) is 3. The number of rotatable bonds is 7. The standard InChI is InChI=1S/C29H24BrClIN3O4S/c30-23-14-20(15-24(31)27(23)39-18-19-6-8-21(32)9-7-19)16-25-28(37)35(29(38)40-25)17-26(36)34-12-10-33(11-13-34)22-4-2-1-3-5-22/h1-9,14-16H,10-13,17-18H2/b25-16+. The van der Waals surface area contributed by atoms with Crippen LogP contribution in [-0.2, 0) is 16.2 Å². The predicted octanol–water partition coefficient (Wildman–Crippen LogP) is 6.67. The van der Waals surface area contributed by atoms with Gasteiger partial charge in [0.25, 0.3) is 11.1 Å². The van der Waals surface area contributed by atoms with E-state index in [2.05, 4.69) is 43.4 Å². The summed E-state index contributed by atoms with van der Waals surface area (Å²) < 4.78 is 7.69. The van der Waals surface area contributed by atoms with Crippen LogP contribution in [-0.4, -0.2) is 59.6 Å². The quantitative estimate of drug-likeness (QED) is 0.199. The number of halogens is 3. The lowest BCUT2D eigenvalue weighted by Crippen LogP contribution is -2.51. The number of amides is 3. The van der Waals surface area contributed by atoms with Crippen LogP contribution >= 0.6 is 61.9 Å². The molecule has 0 spiro atoms. The predicted molar refractivity (Wildman–Crippen MR) is 171 cm³/mol. The normalized spacial score (nSPS) is 16.7. The van der Waals surface area contributed by atoms with Gasteiger partial charge in [-0.05, 0) is 104 Å². The van der Waals surface area contributed by atoms with E-state index in [9.17, 15) is 14.4 Å². The molecule has 0 N–H and O–H groups in total. The van der Waals surface area contributed by atoms with Gasteiger partial charge in [-0.25, -0.2) is 0 Å². The second-order valence-corrected chi connectivity index (χ2v) is 12.7. The summed E-state index contributed by atoms with van der Waals surface area (Å²) in [5.74, 6) is -0.238. The number of hydrogen-bond donors (Lipinski definition) is 0. The van der Waals surface area contributed by atoms with Crippen molar-refractivity contribution in [3.05, 3.63) is 95.8 Å². The van der Waals surface area contributed by atoms with Crippen molar-refractivity contribution in [3.63, 3.8) is 0 Å². The van der Waals surface area contributed by atoms with Crippen molar-refractivity contribution in [1.82, 2.24) is 9.80 Å². The first-order chi connectivity index (χ1) is 19.3. The lowest BCUT2D eigenvalue weighted by atomic mass is 10.2. The maximum Gasteiger partial charge on any atom is 0.294 e. The van der Waals surface area contributed by atoms with E-state index in [1.165, 1.54) is 0 Å². The number of anilines is 1. The van der Waals surface area contributed by atoms with Crippen LogP contribution in [0.5, 0.6) is 5.75 Å². The Balaban J connectivity index is 1.20. The molecule has 11 heteroatoms. The van der Waals surface area contributed by atoms with Gasteiger partial charge in [0.05, 0.1) is 14.4 Å². The Bertz CT molecular complexity index is 1440. The Hall–Kier alpha value is -2.54. The maximum absolute atomic E-state index is 13.1. The Morgan fingerprint density at radius 1 is 1.02 bits per heavy atom. The summed E-state index contributed by atoms with van der Waals surface area (Å²) in [7, 11) is 0. The second kappa shape index (κ2) is 13.0. The van der Waals surface area contributed by atoms with Gasteiger partial charge in [-0.15, -0.1) is 0 Å². The average Bonchev–Trinajstić information content (AvgIpc) is 3.21. The molecular weight excluding hydrogens is 729 g/mol. The van der Waals surface area contributed by atoms with E-state index >= 15 is 0 Å². The fraction of sp³-hybridized carbons (Fsp3) is 0.207. The third kappa shape index (κ3) is 6.84. The molecule has 40 heavy (non-hydrogen) atoms. The van der Waals surface area contributed by atoms with Crippen molar-refractivity contribution >= 4 is 90.7 Å². The Kier molecular flexibility index (Phi) is 9.39. The molecule has 2 aliphatic heterocycles. The van der Waals surface area contributed by atoms with Crippen LogP contribution in [0, 0.1) is 3.57 Å². The van der Waals surface area contributed by atoms with Gasteiger partial charge in [-0.3, -0.25) is 19.3 Å². The fourth-order valence-corrected chi connectivity index (χ4v) is 6.60. The van der Waals surface area contributed by atoms with E-state index in [0.717, 1.165) is 31.5 Å². The summed E-state index contributed by atoms with van der Waals surface area (Å²) >= 11 is 13.1. The number of hydrogen-bond acceptors (Lipinski definition) is 6. The maximum atomic E-state index is 13.1. The molecule has 3 amide bonds. The molecule has 0 radical (unpaired) electrons. The molecule has 2 aliphatic rings. The first-order valence-corrected chi connectivity index (χ1v) is 15.5. The summed E-state index contributed by atoms with van der Waals surface area (Å²) in [5.41, 5.74) is 2.75. The van der Waals surface area contributed by atoms with Crippen LogP contribution < -0.4 is 9.64 Å². The van der Waals surface area contributed by atoms with Gasteiger partial charge in [0.1, 0.15) is 13.2 Å². The number of para-hydroxylation sites is 1. The number of piperazine rings is 1. The van der Waals surface area contributed by atoms with Crippen LogP contribution in [0.2, 0.25) is 5.02 Å². The fourth-order valence-electron chi connectivity index (χ4n) is 4.41. The highest BCUT2D eigenvalue weighted by Gasteiger charge is 2.37. The molecule has 0 bridgehead atoms. The monoisotopic (exact) mass is 751 g/mol. The summed E-state index contributed by atoms with van der Waals surface area (Å²) in [5, 5.41) is -0.0923. The van der Waals surface area contributed by atoms with E-state index < -0.39 is 11.1 Å². The van der Waals surface area contributed by atoms with E-state index in [0.29, 0.717) is 53.6 Å². The number of ether oxygens (including phenoxy) is 1. The van der Waals surface area contributed by atoms with Gasteiger partial charge in [-0.2, -0.15) is 0 Å². The molecule has 0 saturated carbocycles. The van der Waals surface area contributed by atoms with E-state index in [4.69, 9.17) is 16.3 Å². The molecule has 0 unspecified atom stereocenters. The van der Waals surface area contributed by atoms with Gasteiger partial charge in [0, 0.05) is 35.4 Å². The number of imide groups is 1. The number of carbonyl (C=O) groups excluding carboxylic acids is 3. The van der Waals surface area contributed by atoms with E-state index in [1.54, 1.807) is 23.1 Å². The lowest BCUT2D eigenvalue weighted by molar-refractivity contribution is -0.136. The van der Waals surface area contributed by atoms with Crippen LogP contribution in [0.3, 0.4) is 0 Å². The Labute approximate surface area is 263 Å². The highest BCUT2D eigenvalue weighted by Crippen LogP contribution is 2.38. The van der Waals surface area contributed by atoms with Gasteiger partial charge in [0.2, 0.25) is 5.91 Å². The lowest BCUT2D eigenvalue weighted by Gasteiger charge is -2.36. The largest absolute Gasteiger partial charge is 0.486 e. The molecule has 2 saturated heterocycles. The molecule has 5 rings (SSSR count). The highest BCUT2D eigenvalue weighted by atomic mass is 127. The molecule has 0 aromatic heterocycles. The van der Waals surface area contributed by atoms with Crippen molar-refractivity contribution in [2.24, 2.45) is 0 Å². The van der Waals surface area contributed by atoms with Crippen molar-refractivity contribution in [3.8, 4) is 5.75 Å². The average molecular weight is 753 g/mol. The molecule has 7 nitrogen and oxygen atoms in total. The van der Waals surface area contributed by atoms with Crippen LogP contribution in [0.25, 0.3) is 6.08 Å². The molecular formula is C29H24BrClIN3O4S. The van der Waals surface area contributed by atoms with Crippen molar-refractivity contribution in [2.75, 3.05) is 37.6 Å². The van der Waals surface area contributed by atoms with E-state index in [-0.39, 0.29) is 17.4 Å². The topological polar surface area (TPSA) is 70.2 Å².